The lowest BCUT2D eigenvalue weighted by atomic mass is 10.1. The van der Waals surface area contributed by atoms with Gasteiger partial charge in [-0.3, -0.25) is 4.79 Å². The number of rotatable bonds is 8. The summed E-state index contributed by atoms with van der Waals surface area (Å²) in [6.45, 7) is 5.69. The van der Waals surface area contributed by atoms with Crippen LogP contribution in [0.5, 0.6) is 0 Å². The van der Waals surface area contributed by atoms with E-state index in [1.54, 1.807) is 0 Å². The van der Waals surface area contributed by atoms with Gasteiger partial charge in [0.15, 0.2) is 0 Å². The number of nitrogens with one attached hydrogen (secondary N) is 2. The zero-order valence-corrected chi connectivity index (χ0v) is 12.6. The molecule has 1 saturated carbocycles. The summed E-state index contributed by atoms with van der Waals surface area (Å²) in [7, 11) is 0. The van der Waals surface area contributed by atoms with Crippen molar-refractivity contribution in [3.05, 3.63) is 35.4 Å². The SMILES string of the molecule is CCC(C)NC(=O)CCNCc1cccc(C2CC2)c1. The van der Waals surface area contributed by atoms with Gasteiger partial charge in [-0.1, -0.05) is 31.2 Å². The van der Waals surface area contributed by atoms with Gasteiger partial charge in [0.1, 0.15) is 0 Å². The monoisotopic (exact) mass is 274 g/mol. The first-order valence-corrected chi connectivity index (χ1v) is 7.78. The van der Waals surface area contributed by atoms with Gasteiger partial charge in [-0.25, -0.2) is 0 Å². The van der Waals surface area contributed by atoms with Gasteiger partial charge >= 0.3 is 0 Å². The largest absolute Gasteiger partial charge is 0.354 e. The molecule has 1 aromatic rings. The molecule has 3 heteroatoms. The molecule has 0 aliphatic heterocycles. The molecule has 2 N–H and O–H groups in total. The Balaban J connectivity index is 1.65. The van der Waals surface area contributed by atoms with Crippen LogP contribution in [0.1, 0.15) is 56.6 Å². The van der Waals surface area contributed by atoms with E-state index in [2.05, 4.69) is 41.8 Å². The van der Waals surface area contributed by atoms with E-state index >= 15 is 0 Å². The van der Waals surface area contributed by atoms with Crippen LogP contribution in [-0.4, -0.2) is 18.5 Å². The van der Waals surface area contributed by atoms with Crippen molar-refractivity contribution in [2.75, 3.05) is 6.54 Å². The van der Waals surface area contributed by atoms with E-state index < -0.39 is 0 Å². The van der Waals surface area contributed by atoms with E-state index in [1.807, 2.05) is 6.92 Å². The molecule has 20 heavy (non-hydrogen) atoms. The van der Waals surface area contributed by atoms with Crippen LogP contribution in [0.15, 0.2) is 24.3 Å². The van der Waals surface area contributed by atoms with Crippen LogP contribution < -0.4 is 10.6 Å². The highest BCUT2D eigenvalue weighted by Gasteiger charge is 2.23. The smallest absolute Gasteiger partial charge is 0.221 e. The van der Waals surface area contributed by atoms with Crippen molar-refractivity contribution in [2.45, 2.75) is 58.0 Å². The van der Waals surface area contributed by atoms with Gasteiger partial charge < -0.3 is 10.6 Å². The lowest BCUT2D eigenvalue weighted by Crippen LogP contribution is -2.33. The van der Waals surface area contributed by atoms with E-state index in [4.69, 9.17) is 0 Å². The fraction of sp³-hybridized carbons (Fsp3) is 0.588. The van der Waals surface area contributed by atoms with Crippen molar-refractivity contribution in [1.82, 2.24) is 10.6 Å². The van der Waals surface area contributed by atoms with Gasteiger partial charge in [-0.05, 0) is 43.2 Å². The number of hydrogen-bond donors (Lipinski definition) is 2. The Morgan fingerprint density at radius 3 is 2.90 bits per heavy atom. The van der Waals surface area contributed by atoms with E-state index in [0.717, 1.165) is 25.4 Å². The Hall–Kier alpha value is -1.35. The van der Waals surface area contributed by atoms with Crippen LogP contribution in [-0.2, 0) is 11.3 Å². The Labute approximate surface area is 122 Å². The first-order valence-electron chi connectivity index (χ1n) is 7.78. The van der Waals surface area contributed by atoms with E-state index in [9.17, 15) is 4.79 Å². The van der Waals surface area contributed by atoms with Crippen LogP contribution in [0.3, 0.4) is 0 Å². The minimum absolute atomic E-state index is 0.138. The van der Waals surface area contributed by atoms with E-state index in [-0.39, 0.29) is 11.9 Å². The Bertz CT molecular complexity index is 440. The molecular weight excluding hydrogens is 248 g/mol. The second-order valence-corrected chi connectivity index (χ2v) is 5.82. The van der Waals surface area contributed by atoms with Crippen LogP contribution in [0, 0.1) is 0 Å². The molecule has 0 heterocycles. The van der Waals surface area contributed by atoms with E-state index in [1.165, 1.54) is 24.0 Å². The Morgan fingerprint density at radius 1 is 1.40 bits per heavy atom. The molecule has 1 unspecified atom stereocenters. The molecular formula is C17H26N2O. The summed E-state index contributed by atoms with van der Waals surface area (Å²) < 4.78 is 0. The van der Waals surface area contributed by atoms with Crippen LogP contribution >= 0.6 is 0 Å². The molecule has 110 valence electrons. The van der Waals surface area contributed by atoms with Crippen LogP contribution in [0.2, 0.25) is 0 Å². The predicted octanol–water partition coefficient (Wildman–Crippen LogP) is 2.96. The van der Waals surface area contributed by atoms with Crippen molar-refractivity contribution < 1.29 is 4.79 Å². The zero-order chi connectivity index (χ0) is 14.4. The summed E-state index contributed by atoms with van der Waals surface area (Å²) >= 11 is 0. The summed E-state index contributed by atoms with van der Waals surface area (Å²) in [6.07, 6.45) is 4.21. The fourth-order valence-electron chi connectivity index (χ4n) is 2.26. The summed E-state index contributed by atoms with van der Waals surface area (Å²) in [4.78, 5) is 11.6. The predicted molar refractivity (Wildman–Crippen MR) is 82.6 cm³/mol. The number of amides is 1. The lowest BCUT2D eigenvalue weighted by Gasteiger charge is -2.11. The molecule has 1 amide bonds. The summed E-state index contributed by atoms with van der Waals surface area (Å²) in [6, 6.07) is 9.08. The van der Waals surface area contributed by atoms with Crippen LogP contribution in [0.4, 0.5) is 0 Å². The quantitative estimate of drug-likeness (QED) is 0.716. The fourth-order valence-corrected chi connectivity index (χ4v) is 2.26. The molecule has 1 aliphatic rings. The number of carbonyl (C=O) groups excluding carboxylic acids is 1. The van der Waals surface area contributed by atoms with Gasteiger partial charge in [-0.15, -0.1) is 0 Å². The molecule has 0 bridgehead atoms. The standard InChI is InChI=1S/C17H26N2O/c1-3-13(2)19-17(20)9-10-18-12-14-5-4-6-16(11-14)15-7-8-15/h4-6,11,13,15,18H,3,7-10,12H2,1-2H3,(H,19,20). The van der Waals surface area contributed by atoms with Crippen molar-refractivity contribution >= 4 is 5.91 Å². The summed E-state index contributed by atoms with van der Waals surface area (Å²) in [5.74, 6) is 0.940. The molecule has 2 rings (SSSR count). The molecule has 3 nitrogen and oxygen atoms in total. The topological polar surface area (TPSA) is 41.1 Å². The minimum Gasteiger partial charge on any atom is -0.354 e. The molecule has 1 fully saturated rings. The zero-order valence-electron chi connectivity index (χ0n) is 12.6. The van der Waals surface area contributed by atoms with Crippen molar-refractivity contribution in [1.29, 1.82) is 0 Å². The lowest BCUT2D eigenvalue weighted by molar-refractivity contribution is -0.121. The number of hydrogen-bond acceptors (Lipinski definition) is 2. The van der Waals surface area contributed by atoms with Crippen molar-refractivity contribution in [3.8, 4) is 0 Å². The Kier molecular flexibility index (Phi) is 5.60. The first-order chi connectivity index (χ1) is 9.69. The molecule has 0 spiro atoms. The third kappa shape index (κ3) is 4.97. The van der Waals surface area contributed by atoms with Crippen molar-refractivity contribution in [2.24, 2.45) is 0 Å². The highest BCUT2D eigenvalue weighted by Crippen LogP contribution is 2.40. The Morgan fingerprint density at radius 2 is 2.20 bits per heavy atom. The van der Waals surface area contributed by atoms with Gasteiger partial charge in [0.2, 0.25) is 5.91 Å². The second-order valence-electron chi connectivity index (χ2n) is 5.82. The molecule has 0 saturated heterocycles. The van der Waals surface area contributed by atoms with E-state index in [0.29, 0.717) is 6.42 Å². The number of benzene rings is 1. The molecule has 1 aromatic carbocycles. The highest BCUT2D eigenvalue weighted by atomic mass is 16.1. The van der Waals surface area contributed by atoms with Gasteiger partial charge in [0.05, 0.1) is 0 Å². The summed E-state index contributed by atoms with van der Waals surface area (Å²) in [5, 5.41) is 6.33. The average molecular weight is 274 g/mol. The number of carbonyl (C=O) groups is 1. The third-order valence-corrected chi connectivity index (χ3v) is 3.88. The maximum atomic E-state index is 11.6. The first kappa shape index (κ1) is 15.0. The maximum Gasteiger partial charge on any atom is 0.221 e. The van der Waals surface area contributed by atoms with Gasteiger partial charge in [0, 0.05) is 25.6 Å². The summed E-state index contributed by atoms with van der Waals surface area (Å²) in [5.41, 5.74) is 2.79. The molecule has 1 atom stereocenters. The van der Waals surface area contributed by atoms with Crippen LogP contribution in [0.25, 0.3) is 0 Å². The normalized spacial score (nSPS) is 15.9. The molecule has 1 aliphatic carbocycles. The second kappa shape index (κ2) is 7.44. The third-order valence-electron chi connectivity index (χ3n) is 3.88. The van der Waals surface area contributed by atoms with Gasteiger partial charge in [0.25, 0.3) is 0 Å². The van der Waals surface area contributed by atoms with Crippen molar-refractivity contribution in [3.63, 3.8) is 0 Å². The maximum absolute atomic E-state index is 11.6. The van der Waals surface area contributed by atoms with Gasteiger partial charge in [-0.2, -0.15) is 0 Å². The molecule has 0 aromatic heterocycles. The minimum atomic E-state index is 0.138. The highest BCUT2D eigenvalue weighted by molar-refractivity contribution is 5.76. The average Bonchev–Trinajstić information content (AvgIpc) is 3.28. The molecule has 0 radical (unpaired) electrons.